The average Bonchev–Trinajstić information content (AvgIpc) is 3.01. The van der Waals surface area contributed by atoms with E-state index in [2.05, 4.69) is 10.1 Å². The molecule has 0 aliphatic rings. The van der Waals surface area contributed by atoms with Crippen molar-refractivity contribution in [3.8, 4) is 5.82 Å². The number of aryl methyl sites for hydroxylation is 2. The van der Waals surface area contributed by atoms with Crippen LogP contribution in [0.2, 0.25) is 0 Å². The third kappa shape index (κ3) is 5.63. The van der Waals surface area contributed by atoms with Crippen LogP contribution < -0.4 is 0 Å². The molecule has 0 radical (unpaired) electrons. The maximum atomic E-state index is 12.9. The largest absolute Gasteiger partial charge is 0.481 e. The minimum absolute atomic E-state index is 0.138. The van der Waals surface area contributed by atoms with E-state index in [1.165, 1.54) is 6.20 Å². The number of hydrogen-bond donors (Lipinski definition) is 1. The molecule has 2 aromatic heterocycles. The summed E-state index contributed by atoms with van der Waals surface area (Å²) in [7, 11) is 0. The second kappa shape index (κ2) is 9.98. The molecule has 1 amide bonds. The quantitative estimate of drug-likeness (QED) is 0.628. The van der Waals surface area contributed by atoms with Crippen molar-refractivity contribution in [3.05, 3.63) is 41.3 Å². The number of hydrogen-bond acceptors (Lipinski definition) is 5. The van der Waals surface area contributed by atoms with Crippen molar-refractivity contribution in [2.24, 2.45) is 5.92 Å². The summed E-state index contributed by atoms with van der Waals surface area (Å²) < 4.78 is 7.04. The molecule has 0 saturated heterocycles. The molecule has 8 heteroatoms. The monoisotopic (exact) mass is 388 g/mol. The van der Waals surface area contributed by atoms with E-state index in [-0.39, 0.29) is 12.5 Å². The average molecular weight is 388 g/mol. The van der Waals surface area contributed by atoms with Crippen LogP contribution in [0.15, 0.2) is 24.4 Å². The van der Waals surface area contributed by atoms with Crippen molar-refractivity contribution < 1.29 is 19.4 Å². The molecule has 0 bridgehead atoms. The predicted octanol–water partition coefficient (Wildman–Crippen LogP) is 2.47. The molecule has 2 rings (SSSR count). The highest BCUT2D eigenvalue weighted by atomic mass is 16.5. The molecule has 0 aromatic carbocycles. The highest BCUT2D eigenvalue weighted by molar-refractivity contribution is 5.94. The molecule has 1 unspecified atom stereocenters. The van der Waals surface area contributed by atoms with Crippen molar-refractivity contribution in [2.75, 3.05) is 26.3 Å². The van der Waals surface area contributed by atoms with Crippen LogP contribution in [0.1, 0.15) is 42.0 Å². The fraction of sp³-hybridized carbons (Fsp3) is 0.500. The molecule has 0 aliphatic carbocycles. The van der Waals surface area contributed by atoms with Gasteiger partial charge in [0.15, 0.2) is 5.82 Å². The molecular weight excluding hydrogens is 360 g/mol. The fourth-order valence-corrected chi connectivity index (χ4v) is 2.87. The van der Waals surface area contributed by atoms with E-state index in [0.29, 0.717) is 37.6 Å². The minimum Gasteiger partial charge on any atom is -0.481 e. The van der Waals surface area contributed by atoms with Gasteiger partial charge in [-0.1, -0.05) is 6.92 Å². The number of amides is 1. The summed E-state index contributed by atoms with van der Waals surface area (Å²) in [6.45, 7) is 9.04. The highest BCUT2D eigenvalue weighted by Gasteiger charge is 2.22. The van der Waals surface area contributed by atoms with Crippen LogP contribution in [-0.2, 0) is 9.53 Å². The number of carbonyl (C=O) groups is 2. The van der Waals surface area contributed by atoms with Crippen LogP contribution in [0.5, 0.6) is 0 Å². The summed E-state index contributed by atoms with van der Waals surface area (Å²) in [5.74, 6) is -1.19. The lowest BCUT2D eigenvalue weighted by atomic mass is 10.1. The van der Waals surface area contributed by atoms with Crippen LogP contribution in [-0.4, -0.2) is 63.0 Å². The topological polar surface area (TPSA) is 97.6 Å². The van der Waals surface area contributed by atoms with Crippen molar-refractivity contribution in [1.82, 2.24) is 19.7 Å². The van der Waals surface area contributed by atoms with Gasteiger partial charge in [-0.15, -0.1) is 0 Å². The molecule has 0 fully saturated rings. The number of aromatic nitrogens is 3. The molecule has 8 nitrogen and oxygen atoms in total. The van der Waals surface area contributed by atoms with Crippen LogP contribution >= 0.6 is 0 Å². The Bertz CT molecular complexity index is 801. The number of carboxylic acids is 1. The Morgan fingerprint density at radius 2 is 2.07 bits per heavy atom. The predicted molar refractivity (Wildman–Crippen MR) is 105 cm³/mol. The smallest absolute Gasteiger partial charge is 0.308 e. The maximum absolute atomic E-state index is 12.9. The second-order valence-corrected chi connectivity index (χ2v) is 6.78. The zero-order chi connectivity index (χ0) is 20.7. The Morgan fingerprint density at radius 3 is 2.61 bits per heavy atom. The van der Waals surface area contributed by atoms with Gasteiger partial charge in [-0.05, 0) is 45.4 Å². The van der Waals surface area contributed by atoms with Crippen molar-refractivity contribution >= 4 is 11.9 Å². The Morgan fingerprint density at radius 1 is 1.32 bits per heavy atom. The second-order valence-electron chi connectivity index (χ2n) is 6.78. The number of pyridine rings is 1. The molecule has 152 valence electrons. The summed E-state index contributed by atoms with van der Waals surface area (Å²) in [6, 6.07) is 5.39. The van der Waals surface area contributed by atoms with E-state index in [1.807, 2.05) is 26.8 Å². The zero-order valence-electron chi connectivity index (χ0n) is 16.9. The highest BCUT2D eigenvalue weighted by Crippen LogP contribution is 2.13. The maximum Gasteiger partial charge on any atom is 0.308 e. The van der Waals surface area contributed by atoms with Gasteiger partial charge in [-0.2, -0.15) is 5.10 Å². The van der Waals surface area contributed by atoms with Crippen LogP contribution in [0.3, 0.4) is 0 Å². The van der Waals surface area contributed by atoms with Gasteiger partial charge >= 0.3 is 5.97 Å². The number of nitrogens with zero attached hydrogens (tertiary/aromatic N) is 4. The summed E-state index contributed by atoms with van der Waals surface area (Å²) in [4.78, 5) is 30.1. The first kappa shape index (κ1) is 21.6. The molecular formula is C20H28N4O4. The number of ether oxygens (including phenoxy) is 1. The molecule has 1 N–H and O–H groups in total. The van der Waals surface area contributed by atoms with Gasteiger partial charge in [0.25, 0.3) is 5.91 Å². The van der Waals surface area contributed by atoms with Gasteiger partial charge in [0.05, 0.1) is 17.2 Å². The first-order valence-corrected chi connectivity index (χ1v) is 9.43. The first-order valence-electron chi connectivity index (χ1n) is 9.43. The SMILES string of the molecule is CCOCCCN(CC(C)C(=O)O)C(=O)c1ccc(-n2nc(C)cc2C)nc1. The lowest BCUT2D eigenvalue weighted by Gasteiger charge is -2.24. The van der Waals surface area contributed by atoms with Gasteiger partial charge in [0.1, 0.15) is 0 Å². The van der Waals surface area contributed by atoms with E-state index >= 15 is 0 Å². The van der Waals surface area contributed by atoms with Gasteiger partial charge in [-0.25, -0.2) is 9.67 Å². The zero-order valence-corrected chi connectivity index (χ0v) is 16.9. The van der Waals surface area contributed by atoms with Gasteiger partial charge < -0.3 is 14.7 Å². The van der Waals surface area contributed by atoms with E-state index in [0.717, 1.165) is 11.4 Å². The van der Waals surface area contributed by atoms with E-state index in [9.17, 15) is 14.7 Å². The molecule has 2 aromatic rings. The van der Waals surface area contributed by atoms with E-state index in [1.54, 1.807) is 28.6 Å². The normalized spacial score (nSPS) is 12.0. The van der Waals surface area contributed by atoms with Crippen LogP contribution in [0.4, 0.5) is 0 Å². The van der Waals surface area contributed by atoms with Crippen molar-refractivity contribution in [3.63, 3.8) is 0 Å². The Kier molecular flexibility index (Phi) is 7.69. The lowest BCUT2D eigenvalue weighted by Crippen LogP contribution is -2.38. The summed E-state index contributed by atoms with van der Waals surface area (Å²) in [5, 5.41) is 13.6. The molecule has 1 atom stereocenters. The third-order valence-corrected chi connectivity index (χ3v) is 4.35. The standard InChI is InChI=1S/C20H28N4O4/c1-5-28-10-6-9-23(13-14(2)20(26)27)19(25)17-7-8-18(21-12-17)24-16(4)11-15(3)22-24/h7-8,11-12,14H,5-6,9-10,13H2,1-4H3,(H,26,27). The molecule has 0 aliphatic heterocycles. The van der Waals surface area contributed by atoms with E-state index < -0.39 is 11.9 Å². The van der Waals surface area contributed by atoms with Crippen LogP contribution in [0.25, 0.3) is 5.82 Å². The first-order chi connectivity index (χ1) is 13.3. The van der Waals surface area contributed by atoms with Crippen molar-refractivity contribution in [2.45, 2.75) is 34.1 Å². The number of rotatable bonds is 10. The molecule has 0 saturated carbocycles. The third-order valence-electron chi connectivity index (χ3n) is 4.35. The Hall–Kier alpha value is -2.74. The van der Waals surface area contributed by atoms with Crippen LogP contribution in [0, 0.1) is 19.8 Å². The van der Waals surface area contributed by atoms with Gasteiger partial charge in [0.2, 0.25) is 0 Å². The summed E-state index contributed by atoms with van der Waals surface area (Å²) >= 11 is 0. The number of carboxylic acid groups (broad SMARTS) is 1. The Labute approximate surface area is 165 Å². The summed E-state index contributed by atoms with van der Waals surface area (Å²) in [5.41, 5.74) is 2.26. The minimum atomic E-state index is -0.930. The van der Waals surface area contributed by atoms with Gasteiger partial charge in [-0.3, -0.25) is 9.59 Å². The lowest BCUT2D eigenvalue weighted by molar-refractivity contribution is -0.141. The number of carbonyl (C=O) groups excluding carboxylic acids is 1. The van der Waals surface area contributed by atoms with E-state index in [4.69, 9.17) is 4.74 Å². The summed E-state index contributed by atoms with van der Waals surface area (Å²) in [6.07, 6.45) is 2.15. The molecule has 2 heterocycles. The molecule has 28 heavy (non-hydrogen) atoms. The fourth-order valence-electron chi connectivity index (χ4n) is 2.87. The molecule has 0 spiro atoms. The number of aliphatic carboxylic acids is 1. The van der Waals surface area contributed by atoms with Gasteiger partial charge in [0, 0.05) is 38.2 Å². The van der Waals surface area contributed by atoms with Crippen molar-refractivity contribution in [1.29, 1.82) is 0 Å². The Balaban J connectivity index is 2.15.